The molecule has 116 valence electrons. The van der Waals surface area contributed by atoms with E-state index in [0.717, 1.165) is 17.8 Å². The van der Waals surface area contributed by atoms with Gasteiger partial charge in [0.25, 0.3) is 0 Å². The predicted octanol–water partition coefficient (Wildman–Crippen LogP) is 0.863. The van der Waals surface area contributed by atoms with E-state index < -0.39 is 6.09 Å². The summed E-state index contributed by atoms with van der Waals surface area (Å²) in [5.41, 5.74) is 0.969. The van der Waals surface area contributed by atoms with Crippen LogP contribution in [0.5, 0.6) is 0 Å². The van der Waals surface area contributed by atoms with E-state index in [4.69, 9.17) is 0 Å². The van der Waals surface area contributed by atoms with Gasteiger partial charge in [-0.3, -0.25) is 4.79 Å². The Kier molecular flexibility index (Phi) is 2.75. The first kappa shape index (κ1) is 13.3. The smallest absolute Gasteiger partial charge is 0.407 e. The van der Waals surface area contributed by atoms with Crippen LogP contribution in [-0.4, -0.2) is 57.1 Å². The van der Waals surface area contributed by atoms with Crippen LogP contribution < -0.4 is 10.2 Å². The van der Waals surface area contributed by atoms with Crippen molar-refractivity contribution in [3.8, 4) is 0 Å². The summed E-state index contributed by atoms with van der Waals surface area (Å²) >= 11 is 0. The average Bonchev–Trinajstić information content (AvgIpc) is 3.25. The summed E-state index contributed by atoms with van der Waals surface area (Å²) in [6.07, 6.45) is 1.88. The lowest BCUT2D eigenvalue weighted by Gasteiger charge is -2.36. The standard InChI is InChI=1S/C14H17N5O3/c1-7-4-10(20)17-12-11(7)13(16-6-15-12)18-2-3-19(14(21)22)9-5-8(9)18/h6-9H,2-5H2,1H3,(H,21,22)(H,15,16,17,20). The van der Waals surface area contributed by atoms with Crippen LogP contribution in [0.4, 0.5) is 16.4 Å². The van der Waals surface area contributed by atoms with Gasteiger partial charge in [-0.05, 0) is 12.3 Å². The number of carboxylic acid groups (broad SMARTS) is 1. The maximum atomic E-state index is 11.7. The Morgan fingerprint density at radius 3 is 2.95 bits per heavy atom. The number of nitrogens with zero attached hydrogens (tertiary/aromatic N) is 4. The lowest BCUT2D eigenvalue weighted by molar-refractivity contribution is -0.116. The Morgan fingerprint density at radius 2 is 2.18 bits per heavy atom. The topological polar surface area (TPSA) is 98.7 Å². The summed E-state index contributed by atoms with van der Waals surface area (Å²) in [4.78, 5) is 35.2. The summed E-state index contributed by atoms with van der Waals surface area (Å²) in [7, 11) is 0. The lowest BCUT2D eigenvalue weighted by Crippen LogP contribution is -2.49. The number of carbonyl (C=O) groups is 2. The maximum Gasteiger partial charge on any atom is 0.407 e. The van der Waals surface area contributed by atoms with Gasteiger partial charge in [0, 0.05) is 25.1 Å². The Morgan fingerprint density at radius 1 is 1.36 bits per heavy atom. The second-order valence-electron chi connectivity index (χ2n) is 6.15. The minimum absolute atomic E-state index is 0.0235. The molecule has 0 spiro atoms. The van der Waals surface area contributed by atoms with Gasteiger partial charge in [0.2, 0.25) is 5.91 Å². The molecular formula is C14H17N5O3. The molecule has 4 rings (SSSR count). The fourth-order valence-electron chi connectivity index (χ4n) is 3.62. The summed E-state index contributed by atoms with van der Waals surface area (Å²) < 4.78 is 0. The normalized spacial score (nSPS) is 29.5. The van der Waals surface area contributed by atoms with E-state index in [1.165, 1.54) is 11.2 Å². The van der Waals surface area contributed by atoms with Gasteiger partial charge >= 0.3 is 6.09 Å². The quantitative estimate of drug-likeness (QED) is 0.798. The highest BCUT2D eigenvalue weighted by Crippen LogP contribution is 2.43. The molecule has 22 heavy (non-hydrogen) atoms. The van der Waals surface area contributed by atoms with Crippen LogP contribution in [0.3, 0.4) is 0 Å². The Labute approximate surface area is 127 Å². The molecular weight excluding hydrogens is 286 g/mol. The molecule has 0 radical (unpaired) electrons. The third-order valence-corrected chi connectivity index (χ3v) is 4.73. The first-order valence-electron chi connectivity index (χ1n) is 7.47. The molecule has 3 aliphatic rings. The molecule has 3 atom stereocenters. The number of aromatic nitrogens is 2. The van der Waals surface area contributed by atoms with E-state index in [1.54, 1.807) is 0 Å². The Bertz CT molecular complexity index is 664. The number of rotatable bonds is 1. The van der Waals surface area contributed by atoms with E-state index in [2.05, 4.69) is 20.2 Å². The molecule has 1 aliphatic carbocycles. The van der Waals surface area contributed by atoms with Crippen molar-refractivity contribution in [3.05, 3.63) is 11.9 Å². The van der Waals surface area contributed by atoms with Gasteiger partial charge in [-0.2, -0.15) is 0 Å². The molecule has 3 heterocycles. The van der Waals surface area contributed by atoms with Crippen LogP contribution in [0.25, 0.3) is 0 Å². The molecule has 2 fully saturated rings. The third-order valence-electron chi connectivity index (χ3n) is 4.73. The molecule has 1 saturated heterocycles. The number of piperazine rings is 1. The van der Waals surface area contributed by atoms with Gasteiger partial charge in [0.05, 0.1) is 12.1 Å². The van der Waals surface area contributed by atoms with Crippen LogP contribution in [0, 0.1) is 0 Å². The Balaban J connectivity index is 1.67. The van der Waals surface area contributed by atoms with Gasteiger partial charge in [-0.15, -0.1) is 0 Å². The van der Waals surface area contributed by atoms with Crippen LogP contribution in [-0.2, 0) is 4.79 Å². The molecule has 2 N–H and O–H groups in total. The minimum atomic E-state index is -0.850. The van der Waals surface area contributed by atoms with Crippen molar-refractivity contribution in [2.45, 2.75) is 37.8 Å². The SMILES string of the molecule is CC1CC(=O)Nc2ncnc(N3CCN(C(=O)O)C4CC43)c21. The van der Waals surface area contributed by atoms with Crippen LogP contribution in [0.2, 0.25) is 0 Å². The van der Waals surface area contributed by atoms with Gasteiger partial charge in [-0.25, -0.2) is 14.8 Å². The van der Waals surface area contributed by atoms with Crippen molar-refractivity contribution in [1.82, 2.24) is 14.9 Å². The van der Waals surface area contributed by atoms with Crippen LogP contribution >= 0.6 is 0 Å². The number of amides is 2. The summed E-state index contributed by atoms with van der Waals surface area (Å²) in [5, 5.41) is 12.0. The van der Waals surface area contributed by atoms with Gasteiger partial charge in [0.15, 0.2) is 0 Å². The zero-order valence-electron chi connectivity index (χ0n) is 12.2. The van der Waals surface area contributed by atoms with Crippen molar-refractivity contribution in [2.75, 3.05) is 23.3 Å². The second kappa shape index (κ2) is 4.56. The number of carbonyl (C=O) groups excluding carboxylic acids is 1. The summed E-state index contributed by atoms with van der Waals surface area (Å²) in [6.45, 7) is 3.11. The maximum absolute atomic E-state index is 11.7. The predicted molar refractivity (Wildman–Crippen MR) is 78.0 cm³/mol. The van der Waals surface area contributed by atoms with Crippen LogP contribution in [0.1, 0.15) is 31.2 Å². The largest absolute Gasteiger partial charge is 0.465 e. The molecule has 0 bridgehead atoms. The molecule has 2 amide bonds. The molecule has 2 aliphatic heterocycles. The highest BCUT2D eigenvalue weighted by Gasteiger charge is 2.52. The number of hydrogen-bond acceptors (Lipinski definition) is 5. The molecule has 1 saturated carbocycles. The molecule has 3 unspecified atom stereocenters. The molecule has 0 aromatic carbocycles. The number of anilines is 2. The number of hydrogen-bond donors (Lipinski definition) is 2. The van der Waals surface area contributed by atoms with Crippen molar-refractivity contribution >= 4 is 23.6 Å². The van der Waals surface area contributed by atoms with E-state index in [0.29, 0.717) is 25.3 Å². The van der Waals surface area contributed by atoms with Crippen molar-refractivity contribution in [2.24, 2.45) is 0 Å². The van der Waals surface area contributed by atoms with E-state index >= 15 is 0 Å². The van der Waals surface area contributed by atoms with Crippen LogP contribution in [0.15, 0.2) is 6.33 Å². The lowest BCUT2D eigenvalue weighted by atomic mass is 9.94. The van der Waals surface area contributed by atoms with E-state index in [9.17, 15) is 14.7 Å². The number of fused-ring (bicyclic) bond motifs is 2. The Hall–Kier alpha value is -2.38. The second-order valence-corrected chi connectivity index (χ2v) is 6.15. The fourth-order valence-corrected chi connectivity index (χ4v) is 3.62. The molecule has 1 aromatic rings. The highest BCUT2D eigenvalue weighted by molar-refractivity contribution is 5.94. The minimum Gasteiger partial charge on any atom is -0.465 e. The fraction of sp³-hybridized carbons (Fsp3) is 0.571. The van der Waals surface area contributed by atoms with E-state index in [-0.39, 0.29) is 23.9 Å². The first-order valence-corrected chi connectivity index (χ1v) is 7.47. The summed E-state index contributed by atoms with van der Waals surface area (Å²) in [6, 6.07) is 0.249. The summed E-state index contributed by atoms with van der Waals surface area (Å²) in [5.74, 6) is 1.47. The van der Waals surface area contributed by atoms with E-state index in [1.807, 2.05) is 6.92 Å². The molecule has 8 nitrogen and oxygen atoms in total. The van der Waals surface area contributed by atoms with Crippen molar-refractivity contribution in [1.29, 1.82) is 0 Å². The molecule has 8 heteroatoms. The van der Waals surface area contributed by atoms with Gasteiger partial charge in [0.1, 0.15) is 18.0 Å². The van der Waals surface area contributed by atoms with Gasteiger partial charge in [-0.1, -0.05) is 6.92 Å². The first-order chi connectivity index (χ1) is 10.6. The zero-order chi connectivity index (χ0) is 15.4. The monoisotopic (exact) mass is 303 g/mol. The van der Waals surface area contributed by atoms with Crippen molar-refractivity contribution < 1.29 is 14.7 Å². The highest BCUT2D eigenvalue weighted by atomic mass is 16.4. The third kappa shape index (κ3) is 1.90. The molecule has 1 aromatic heterocycles. The zero-order valence-corrected chi connectivity index (χ0v) is 12.2. The average molecular weight is 303 g/mol. The van der Waals surface area contributed by atoms with Crippen molar-refractivity contribution in [3.63, 3.8) is 0 Å². The van der Waals surface area contributed by atoms with Gasteiger partial charge < -0.3 is 20.2 Å². The number of nitrogens with one attached hydrogen (secondary N) is 1.